The van der Waals surface area contributed by atoms with Crippen LogP contribution in [0.3, 0.4) is 0 Å². The van der Waals surface area contributed by atoms with Gasteiger partial charge in [-0.15, -0.1) is 0 Å². The van der Waals surface area contributed by atoms with Crippen molar-refractivity contribution in [1.29, 1.82) is 0 Å². The first-order valence-electron chi connectivity index (χ1n) is 20.2. The Hall–Kier alpha value is -7.96. The van der Waals surface area contributed by atoms with Crippen LogP contribution >= 0.6 is 0 Å². The molecule has 6 heteroatoms. The molecule has 7 aromatic carbocycles. The average Bonchev–Trinajstić information content (AvgIpc) is 3.35. The van der Waals surface area contributed by atoms with Gasteiger partial charge in [0.25, 0.3) is 0 Å². The monoisotopic (exact) mass is 770 g/mol. The van der Waals surface area contributed by atoms with Gasteiger partial charge in [0.2, 0.25) is 0 Å². The van der Waals surface area contributed by atoms with Crippen molar-refractivity contribution in [2.45, 2.75) is 12.8 Å². The summed E-state index contributed by atoms with van der Waals surface area (Å²) < 4.78 is 0. The molecule has 60 heavy (non-hydrogen) atoms. The lowest BCUT2D eigenvalue weighted by Crippen LogP contribution is -2.03. The van der Waals surface area contributed by atoms with Gasteiger partial charge < -0.3 is 0 Å². The molecule has 0 saturated carbocycles. The minimum atomic E-state index is 0.570. The molecule has 0 unspecified atom stereocenters. The van der Waals surface area contributed by atoms with E-state index in [-0.39, 0.29) is 0 Å². The van der Waals surface area contributed by atoms with Gasteiger partial charge in [0.15, 0.2) is 34.9 Å². The summed E-state index contributed by atoms with van der Waals surface area (Å²) in [5, 5.41) is 0. The summed E-state index contributed by atoms with van der Waals surface area (Å²) >= 11 is 0. The van der Waals surface area contributed by atoms with E-state index in [4.69, 9.17) is 29.9 Å². The van der Waals surface area contributed by atoms with Crippen LogP contribution < -0.4 is 0 Å². The van der Waals surface area contributed by atoms with E-state index in [0.29, 0.717) is 34.9 Å². The van der Waals surface area contributed by atoms with Gasteiger partial charge in [0, 0.05) is 33.4 Å². The Labute approximate surface area is 349 Å². The van der Waals surface area contributed by atoms with Crippen molar-refractivity contribution < 1.29 is 0 Å². The minimum Gasteiger partial charge on any atom is -0.208 e. The molecule has 2 heterocycles. The molecule has 284 valence electrons. The van der Waals surface area contributed by atoms with Crippen molar-refractivity contribution in [1.82, 2.24) is 29.9 Å². The molecule has 0 fully saturated rings. The van der Waals surface area contributed by atoms with E-state index in [1.807, 2.05) is 91.0 Å². The third-order valence-corrected chi connectivity index (χ3v) is 10.7. The van der Waals surface area contributed by atoms with E-state index < -0.39 is 0 Å². The summed E-state index contributed by atoms with van der Waals surface area (Å²) in [6, 6.07) is 64.0. The Morgan fingerprint density at radius 1 is 0.250 bits per heavy atom. The molecule has 10 rings (SSSR count). The second-order valence-electron chi connectivity index (χ2n) is 14.6. The van der Waals surface area contributed by atoms with E-state index >= 15 is 0 Å². The maximum absolute atomic E-state index is 5.21. The van der Waals surface area contributed by atoms with E-state index in [1.54, 1.807) is 0 Å². The third-order valence-electron chi connectivity index (χ3n) is 10.7. The highest BCUT2D eigenvalue weighted by Gasteiger charge is 2.20. The molecule has 1 aliphatic rings. The molecule has 6 nitrogen and oxygen atoms in total. The largest absolute Gasteiger partial charge is 0.208 e. The highest BCUT2D eigenvalue weighted by Crippen LogP contribution is 2.38. The van der Waals surface area contributed by atoms with Crippen LogP contribution in [0.1, 0.15) is 18.4 Å². The first-order valence-corrected chi connectivity index (χ1v) is 20.2. The summed E-state index contributed by atoms with van der Waals surface area (Å²) in [6.07, 6.45) is 8.86. The summed E-state index contributed by atoms with van der Waals surface area (Å²) in [5.41, 5.74) is 12.0. The molecule has 0 radical (unpaired) electrons. The SMILES string of the molecule is C1=CC(c2ccc(-c3nc(-c4ccc(-c5ccccc5)cc4)nc(-c4ccccc4-c4ccccc4-c4nc(-c5ccccc5)nc(-c5ccccc5)n4)n3)cc2)=CCC1. The Morgan fingerprint density at radius 3 is 0.983 bits per heavy atom. The van der Waals surface area contributed by atoms with Crippen LogP contribution in [0.15, 0.2) is 206 Å². The molecule has 0 bridgehead atoms. The molecular weight excluding hydrogens is 733 g/mol. The van der Waals surface area contributed by atoms with Gasteiger partial charge >= 0.3 is 0 Å². The van der Waals surface area contributed by atoms with Gasteiger partial charge in [-0.1, -0.05) is 206 Å². The number of rotatable bonds is 9. The highest BCUT2D eigenvalue weighted by atomic mass is 15.0. The molecule has 9 aromatic rings. The van der Waals surface area contributed by atoms with Crippen molar-refractivity contribution in [3.8, 4) is 90.6 Å². The van der Waals surface area contributed by atoms with Crippen LogP contribution in [0.5, 0.6) is 0 Å². The predicted molar refractivity (Wildman–Crippen MR) is 243 cm³/mol. The summed E-state index contributed by atoms with van der Waals surface area (Å²) in [7, 11) is 0. The fraction of sp³-hybridized carbons (Fsp3) is 0.0370. The van der Waals surface area contributed by atoms with Gasteiger partial charge in [0.1, 0.15) is 0 Å². The minimum absolute atomic E-state index is 0.570. The normalized spacial score (nSPS) is 12.2. The number of allylic oxidation sites excluding steroid dienone is 4. The molecule has 0 spiro atoms. The van der Waals surface area contributed by atoms with Crippen LogP contribution in [0.25, 0.3) is 96.2 Å². The molecule has 0 atom stereocenters. The Kier molecular flexibility index (Phi) is 10.00. The van der Waals surface area contributed by atoms with E-state index in [2.05, 4.69) is 115 Å². The van der Waals surface area contributed by atoms with Gasteiger partial charge in [-0.05, 0) is 46.2 Å². The Balaban J connectivity index is 1.11. The Morgan fingerprint density at radius 2 is 0.567 bits per heavy atom. The zero-order valence-corrected chi connectivity index (χ0v) is 32.7. The number of hydrogen-bond acceptors (Lipinski definition) is 6. The quantitative estimate of drug-likeness (QED) is 0.145. The molecular formula is C54H38N6. The van der Waals surface area contributed by atoms with Gasteiger partial charge in [0.05, 0.1) is 0 Å². The van der Waals surface area contributed by atoms with Crippen molar-refractivity contribution >= 4 is 5.57 Å². The topological polar surface area (TPSA) is 77.3 Å². The maximum Gasteiger partial charge on any atom is 0.164 e. The van der Waals surface area contributed by atoms with Crippen molar-refractivity contribution in [2.75, 3.05) is 0 Å². The van der Waals surface area contributed by atoms with Gasteiger partial charge in [-0.3, -0.25) is 0 Å². The second kappa shape index (κ2) is 16.5. The van der Waals surface area contributed by atoms with Crippen molar-refractivity contribution in [3.63, 3.8) is 0 Å². The predicted octanol–water partition coefficient (Wildman–Crippen LogP) is 13.1. The van der Waals surface area contributed by atoms with E-state index in [0.717, 1.165) is 68.5 Å². The van der Waals surface area contributed by atoms with Crippen LogP contribution in [-0.2, 0) is 0 Å². The zero-order chi connectivity index (χ0) is 40.1. The molecule has 2 aromatic heterocycles. The summed E-state index contributed by atoms with van der Waals surface area (Å²) in [5.74, 6) is 3.55. The first-order chi connectivity index (χ1) is 29.7. The molecule has 0 aliphatic heterocycles. The fourth-order valence-electron chi connectivity index (χ4n) is 7.59. The Bertz CT molecular complexity index is 2940. The number of nitrogens with zero attached hydrogens (tertiary/aromatic N) is 6. The summed E-state index contributed by atoms with van der Waals surface area (Å²) in [4.78, 5) is 30.7. The maximum atomic E-state index is 5.21. The van der Waals surface area contributed by atoms with Gasteiger partial charge in [-0.2, -0.15) is 0 Å². The number of aromatic nitrogens is 6. The van der Waals surface area contributed by atoms with E-state index in [1.165, 1.54) is 11.1 Å². The van der Waals surface area contributed by atoms with Gasteiger partial charge in [-0.25, -0.2) is 29.9 Å². The lowest BCUT2D eigenvalue weighted by molar-refractivity contribution is 1.04. The average molecular weight is 771 g/mol. The second-order valence-corrected chi connectivity index (χ2v) is 14.6. The first kappa shape index (κ1) is 36.4. The van der Waals surface area contributed by atoms with Crippen LogP contribution in [0.2, 0.25) is 0 Å². The van der Waals surface area contributed by atoms with Crippen LogP contribution in [-0.4, -0.2) is 29.9 Å². The van der Waals surface area contributed by atoms with Crippen LogP contribution in [0, 0.1) is 0 Å². The lowest BCUT2D eigenvalue weighted by atomic mass is 9.94. The van der Waals surface area contributed by atoms with Crippen LogP contribution in [0.4, 0.5) is 0 Å². The number of benzene rings is 7. The fourth-order valence-corrected chi connectivity index (χ4v) is 7.59. The van der Waals surface area contributed by atoms with E-state index in [9.17, 15) is 0 Å². The van der Waals surface area contributed by atoms with Crippen molar-refractivity contribution in [2.24, 2.45) is 0 Å². The molecule has 1 aliphatic carbocycles. The zero-order valence-electron chi connectivity index (χ0n) is 32.7. The van der Waals surface area contributed by atoms with Crippen molar-refractivity contribution in [3.05, 3.63) is 212 Å². The smallest absolute Gasteiger partial charge is 0.164 e. The number of hydrogen-bond donors (Lipinski definition) is 0. The lowest BCUT2D eigenvalue weighted by Gasteiger charge is -2.15. The molecule has 0 amide bonds. The highest BCUT2D eigenvalue weighted by molar-refractivity contribution is 5.90. The molecule has 0 N–H and O–H groups in total. The third kappa shape index (κ3) is 7.58. The standard InChI is InChI=1S/C54H38N6/c1-5-17-37(18-6-1)39-29-33-43(34-30-39)51-56-52(44-35-31-40(32-36-44)38-19-7-2-8-20-38)60-54(59-51)48-28-16-14-26-46(48)45-25-13-15-27-47(45)53-57-49(41-21-9-3-10-22-41)55-50(58-53)42-23-11-4-12-24-42/h1,3-7,9-36H,2,8H2. The molecule has 0 saturated heterocycles. The summed E-state index contributed by atoms with van der Waals surface area (Å²) in [6.45, 7) is 0.